The zero-order valence-electron chi connectivity index (χ0n) is 12.0. The van der Waals surface area contributed by atoms with Gasteiger partial charge in [0.25, 0.3) is 0 Å². The van der Waals surface area contributed by atoms with Crippen LogP contribution in [0.3, 0.4) is 0 Å². The van der Waals surface area contributed by atoms with Crippen molar-refractivity contribution < 1.29 is 57.7 Å². The maximum absolute atomic E-state index is 2.43. The molecule has 1 aliphatic carbocycles. The predicted molar refractivity (Wildman–Crippen MR) is 73.9 cm³/mol. The molecule has 0 aliphatic heterocycles. The van der Waals surface area contributed by atoms with Crippen LogP contribution in [0.15, 0.2) is 45.9 Å². The van der Waals surface area contributed by atoms with E-state index in [0.29, 0.717) is 0 Å². The molecular formula is C15H19Cl3SiTi. The Morgan fingerprint density at radius 3 is 2.15 bits per heavy atom. The summed E-state index contributed by atoms with van der Waals surface area (Å²) in [6.07, 6.45) is 6.82. The van der Waals surface area contributed by atoms with E-state index in [2.05, 4.69) is 76.5 Å². The molecule has 0 atom stereocenters. The molecule has 0 N–H and O–H groups in total. The summed E-state index contributed by atoms with van der Waals surface area (Å²) in [6, 6.07) is 9.01. The molecule has 0 bridgehead atoms. The number of hydrogen-bond acceptors (Lipinski definition) is 0. The van der Waals surface area contributed by atoms with Gasteiger partial charge in [0, 0.05) is 0 Å². The van der Waals surface area contributed by atoms with Crippen LogP contribution >= 0.6 is 0 Å². The van der Waals surface area contributed by atoms with Crippen molar-refractivity contribution in [3.8, 4) is 0 Å². The zero-order valence-corrected chi connectivity index (χ0v) is 16.8. The first-order chi connectivity index (χ1) is 7.98. The molecule has 0 heterocycles. The largest absolute Gasteiger partial charge is 1.00 e. The fraction of sp³-hybridized carbons (Fsp3) is 0.333. The van der Waals surface area contributed by atoms with Gasteiger partial charge in [-0.15, -0.1) is 0 Å². The first-order valence-corrected chi connectivity index (χ1v) is 10.4. The third-order valence-electron chi connectivity index (χ3n) is 3.26. The van der Waals surface area contributed by atoms with Crippen LogP contribution in [0.2, 0.25) is 19.6 Å². The van der Waals surface area contributed by atoms with Gasteiger partial charge in [-0.05, 0) is 0 Å². The predicted octanol–water partition coefficient (Wildman–Crippen LogP) is -5.45. The molecule has 0 spiro atoms. The molecular weight excluding hydrogens is 362 g/mol. The Labute approximate surface area is 154 Å². The van der Waals surface area contributed by atoms with Crippen LogP contribution in [0, 0.1) is 0 Å². The Kier molecular flexibility index (Phi) is 10.8. The molecule has 108 valence electrons. The minimum atomic E-state index is -1.21. The number of hydrogen-bond donors (Lipinski definition) is 0. The Balaban J connectivity index is 0. The number of halogens is 3. The topological polar surface area (TPSA) is 0 Å². The van der Waals surface area contributed by atoms with Crippen molar-refractivity contribution in [2.75, 3.05) is 0 Å². The van der Waals surface area contributed by atoms with Crippen LogP contribution in [-0.2, 0) is 26.9 Å². The summed E-state index contributed by atoms with van der Waals surface area (Å²) in [6.45, 7) is 7.29. The second kappa shape index (κ2) is 9.50. The summed E-state index contributed by atoms with van der Waals surface area (Å²) in [4.78, 5) is 0. The molecule has 0 saturated heterocycles. The third kappa shape index (κ3) is 5.71. The van der Waals surface area contributed by atoms with Crippen LogP contribution in [0.1, 0.15) is 12.0 Å². The minimum Gasteiger partial charge on any atom is -1.00 e. The molecule has 2 rings (SSSR count). The summed E-state index contributed by atoms with van der Waals surface area (Å²) >= 11 is 2.23. The van der Waals surface area contributed by atoms with E-state index in [0.717, 1.165) is 12.8 Å². The van der Waals surface area contributed by atoms with E-state index in [9.17, 15) is 0 Å². The van der Waals surface area contributed by atoms with Gasteiger partial charge in [-0.2, -0.15) is 0 Å². The summed E-state index contributed by atoms with van der Waals surface area (Å²) in [7, 11) is -1.21. The molecule has 0 saturated carbocycles. The number of benzene rings is 1. The Bertz CT molecular complexity index is 490. The second-order valence-electron chi connectivity index (χ2n) is 5.71. The van der Waals surface area contributed by atoms with E-state index in [-0.39, 0.29) is 37.2 Å². The van der Waals surface area contributed by atoms with E-state index in [1.807, 2.05) is 0 Å². The quantitative estimate of drug-likeness (QED) is 0.459. The first kappa shape index (κ1) is 22.8. The molecule has 20 heavy (non-hydrogen) atoms. The van der Waals surface area contributed by atoms with Crippen LogP contribution < -0.4 is 42.4 Å². The smallest absolute Gasteiger partial charge is 1.00 e. The average Bonchev–Trinajstić information content (AvgIpc) is 2.64. The molecule has 0 radical (unpaired) electrons. The molecule has 1 aromatic carbocycles. The van der Waals surface area contributed by atoms with Crippen LogP contribution in [0.4, 0.5) is 0 Å². The van der Waals surface area contributed by atoms with Gasteiger partial charge in [-0.1, -0.05) is 0 Å². The van der Waals surface area contributed by atoms with Gasteiger partial charge < -0.3 is 37.2 Å². The van der Waals surface area contributed by atoms with Crippen molar-refractivity contribution in [3.05, 3.63) is 51.4 Å². The monoisotopic (exact) mass is 380 g/mol. The Morgan fingerprint density at radius 2 is 1.65 bits per heavy atom. The number of allylic oxidation sites excluding steroid dienone is 4. The van der Waals surface area contributed by atoms with Gasteiger partial charge in [0.2, 0.25) is 0 Å². The minimum absolute atomic E-state index is 0. The molecule has 1 aromatic rings. The van der Waals surface area contributed by atoms with E-state index in [1.54, 1.807) is 16.3 Å². The van der Waals surface area contributed by atoms with Crippen LogP contribution in [0.25, 0.3) is 0 Å². The Morgan fingerprint density at radius 1 is 1.05 bits per heavy atom. The molecule has 0 nitrogen and oxygen atoms in total. The van der Waals surface area contributed by atoms with Gasteiger partial charge in [-0.25, -0.2) is 0 Å². The van der Waals surface area contributed by atoms with Gasteiger partial charge in [0.15, 0.2) is 0 Å². The maximum atomic E-state index is 2.43. The fourth-order valence-corrected chi connectivity index (χ4v) is 4.56. The van der Waals surface area contributed by atoms with E-state index < -0.39 is 8.07 Å². The van der Waals surface area contributed by atoms with E-state index >= 15 is 0 Å². The molecule has 1 aliphatic rings. The molecule has 0 fully saturated rings. The molecule has 0 unspecified atom stereocenters. The first-order valence-electron chi connectivity index (χ1n) is 6.17. The average molecular weight is 382 g/mol. The summed E-state index contributed by atoms with van der Waals surface area (Å²) in [5.41, 5.74) is 3.14. The van der Waals surface area contributed by atoms with Gasteiger partial charge in [-0.3, -0.25) is 0 Å². The molecule has 5 heteroatoms. The Hall–Kier alpha value is 0.501. The van der Waals surface area contributed by atoms with Crippen molar-refractivity contribution in [2.24, 2.45) is 0 Å². The fourth-order valence-electron chi connectivity index (χ4n) is 2.35. The van der Waals surface area contributed by atoms with Gasteiger partial charge in [0.05, 0.1) is 0 Å². The van der Waals surface area contributed by atoms with Gasteiger partial charge in [0.1, 0.15) is 0 Å². The maximum Gasteiger partial charge on any atom is -1.00 e. The van der Waals surface area contributed by atoms with E-state index in [1.165, 1.54) is 3.88 Å². The summed E-state index contributed by atoms with van der Waals surface area (Å²) in [5.74, 6) is 0. The summed E-state index contributed by atoms with van der Waals surface area (Å²) in [5, 5.41) is 1.62. The zero-order chi connectivity index (χ0) is 12.5. The third-order valence-corrected chi connectivity index (χ3v) is 6.18. The number of rotatable bonds is 3. The van der Waals surface area contributed by atoms with Crippen molar-refractivity contribution >= 4 is 13.3 Å². The summed E-state index contributed by atoms with van der Waals surface area (Å²) < 4.78 is 1.47. The van der Waals surface area contributed by atoms with Crippen molar-refractivity contribution in [2.45, 2.75) is 32.5 Å². The van der Waals surface area contributed by atoms with Crippen LogP contribution in [0.5, 0.6) is 0 Å². The SMILES string of the molecule is C[Si](C)(C)c1ccccc1CC1=[C]([Ti+3])C=CC1.[Cl-].[Cl-].[Cl-]. The van der Waals surface area contributed by atoms with Crippen molar-refractivity contribution in [3.63, 3.8) is 0 Å². The molecule has 0 aromatic heterocycles. The van der Waals surface area contributed by atoms with Crippen molar-refractivity contribution in [1.82, 2.24) is 0 Å². The van der Waals surface area contributed by atoms with E-state index in [4.69, 9.17) is 0 Å². The van der Waals surface area contributed by atoms with Crippen LogP contribution in [-0.4, -0.2) is 8.07 Å². The van der Waals surface area contributed by atoms with Crippen molar-refractivity contribution in [1.29, 1.82) is 0 Å². The van der Waals surface area contributed by atoms with Gasteiger partial charge >= 0.3 is 118 Å². The normalized spacial score (nSPS) is 13.4. The second-order valence-corrected chi connectivity index (χ2v) is 11.6. The standard InChI is InChI=1S/C15H19Si.3ClH.Ti/c1-16(2,3)15-11-7-6-10-14(15)12-13-8-4-5-9-13;;;;/h4-7,10-11H,8,12H2,1-3H3;3*1H;/q;;;;+3/p-3. The molecule has 0 amide bonds.